The van der Waals surface area contributed by atoms with Crippen LogP contribution < -0.4 is 19.5 Å². The van der Waals surface area contributed by atoms with E-state index in [4.69, 9.17) is 25.8 Å². The van der Waals surface area contributed by atoms with E-state index in [1.165, 1.54) is 13.2 Å². The standard InChI is InChI=1S/C27H24ClIN2O4/c1-17(2)35-23-6-4-5-22(14-23)31-27(32)20(15-30)11-19-12-24(29)26(25(13-19)33-3)34-16-18-7-9-21(28)10-8-18/h4-14,17H,16H2,1-3H3,(H,31,32)/b20-11+. The van der Waals surface area contributed by atoms with Crippen LogP contribution in [0, 0.1) is 14.9 Å². The zero-order valence-electron chi connectivity index (χ0n) is 19.5. The molecule has 8 heteroatoms. The number of hydrogen-bond acceptors (Lipinski definition) is 5. The van der Waals surface area contributed by atoms with E-state index in [1.807, 2.05) is 44.2 Å². The number of anilines is 1. The van der Waals surface area contributed by atoms with Crippen LogP contribution in [0.5, 0.6) is 17.2 Å². The molecule has 180 valence electrons. The highest BCUT2D eigenvalue weighted by Gasteiger charge is 2.15. The number of nitrogens with zero attached hydrogens (tertiary/aromatic N) is 1. The maximum atomic E-state index is 12.8. The van der Waals surface area contributed by atoms with E-state index in [0.717, 1.165) is 9.13 Å². The monoisotopic (exact) mass is 602 g/mol. The van der Waals surface area contributed by atoms with Crippen LogP contribution in [-0.2, 0) is 11.4 Å². The van der Waals surface area contributed by atoms with Crippen molar-refractivity contribution in [1.29, 1.82) is 5.26 Å². The average Bonchev–Trinajstić information content (AvgIpc) is 2.82. The molecule has 0 aliphatic carbocycles. The summed E-state index contributed by atoms with van der Waals surface area (Å²) in [5, 5.41) is 13.0. The van der Waals surface area contributed by atoms with Crippen LogP contribution in [0.15, 0.2) is 66.2 Å². The van der Waals surface area contributed by atoms with Gasteiger partial charge in [-0.05, 0) is 90.0 Å². The molecule has 0 heterocycles. The van der Waals surface area contributed by atoms with E-state index in [-0.39, 0.29) is 11.7 Å². The third-order valence-electron chi connectivity index (χ3n) is 4.69. The Bertz CT molecular complexity index is 1270. The van der Waals surface area contributed by atoms with E-state index in [9.17, 15) is 10.1 Å². The molecule has 1 N–H and O–H groups in total. The van der Waals surface area contributed by atoms with Crippen LogP contribution in [0.25, 0.3) is 6.08 Å². The fourth-order valence-corrected chi connectivity index (χ4v) is 4.04. The molecule has 0 atom stereocenters. The van der Waals surface area contributed by atoms with Gasteiger partial charge in [-0.15, -0.1) is 0 Å². The number of halogens is 2. The number of ether oxygens (including phenoxy) is 3. The van der Waals surface area contributed by atoms with Crippen molar-refractivity contribution in [2.24, 2.45) is 0 Å². The van der Waals surface area contributed by atoms with E-state index in [1.54, 1.807) is 36.4 Å². The number of methoxy groups -OCH3 is 1. The Morgan fingerprint density at radius 3 is 2.57 bits per heavy atom. The first-order valence-corrected chi connectivity index (χ1v) is 12.2. The zero-order chi connectivity index (χ0) is 25.4. The van der Waals surface area contributed by atoms with Crippen LogP contribution in [0.1, 0.15) is 25.0 Å². The second-order valence-electron chi connectivity index (χ2n) is 7.77. The molecule has 0 fully saturated rings. The summed E-state index contributed by atoms with van der Waals surface area (Å²) in [4.78, 5) is 12.8. The second-order valence-corrected chi connectivity index (χ2v) is 9.37. The summed E-state index contributed by atoms with van der Waals surface area (Å²) >= 11 is 8.08. The highest BCUT2D eigenvalue weighted by molar-refractivity contribution is 14.1. The van der Waals surface area contributed by atoms with Gasteiger partial charge in [0.1, 0.15) is 24.0 Å². The lowest BCUT2D eigenvalue weighted by atomic mass is 10.1. The minimum Gasteiger partial charge on any atom is -0.493 e. The first-order valence-electron chi connectivity index (χ1n) is 10.7. The van der Waals surface area contributed by atoms with E-state index in [2.05, 4.69) is 27.9 Å². The summed E-state index contributed by atoms with van der Waals surface area (Å²) in [6, 6.07) is 19.9. The zero-order valence-corrected chi connectivity index (χ0v) is 22.4. The van der Waals surface area contributed by atoms with Crippen molar-refractivity contribution in [2.45, 2.75) is 26.6 Å². The summed E-state index contributed by atoms with van der Waals surface area (Å²) in [7, 11) is 1.54. The van der Waals surface area contributed by atoms with Crippen LogP contribution in [-0.4, -0.2) is 19.1 Å². The van der Waals surface area contributed by atoms with Crippen LogP contribution in [0.2, 0.25) is 5.02 Å². The maximum Gasteiger partial charge on any atom is 0.266 e. The molecule has 0 aliphatic rings. The van der Waals surface area contributed by atoms with Gasteiger partial charge in [-0.3, -0.25) is 4.79 Å². The largest absolute Gasteiger partial charge is 0.493 e. The molecule has 35 heavy (non-hydrogen) atoms. The van der Waals surface area contributed by atoms with Gasteiger partial charge in [0.15, 0.2) is 11.5 Å². The Morgan fingerprint density at radius 1 is 1.17 bits per heavy atom. The number of benzene rings is 3. The minimum absolute atomic E-state index is 0.00566. The molecule has 0 aliphatic heterocycles. The number of hydrogen-bond donors (Lipinski definition) is 1. The van der Waals surface area contributed by atoms with Crippen LogP contribution in [0.4, 0.5) is 5.69 Å². The maximum absolute atomic E-state index is 12.8. The normalized spacial score (nSPS) is 11.1. The van der Waals surface area contributed by atoms with E-state index < -0.39 is 5.91 Å². The van der Waals surface area contributed by atoms with Crippen molar-refractivity contribution < 1.29 is 19.0 Å². The van der Waals surface area contributed by atoms with Gasteiger partial charge in [0.25, 0.3) is 5.91 Å². The Labute approximate surface area is 223 Å². The number of carbonyl (C=O) groups excluding carboxylic acids is 1. The Hall–Kier alpha value is -3.22. The SMILES string of the molecule is COc1cc(/C=C(\C#N)C(=O)Nc2cccc(OC(C)C)c2)cc(I)c1OCc1ccc(Cl)cc1. The number of nitriles is 1. The fraction of sp³-hybridized carbons (Fsp3) is 0.185. The number of amides is 1. The lowest BCUT2D eigenvalue weighted by Crippen LogP contribution is -2.14. The molecule has 1 amide bonds. The molecular weight excluding hydrogens is 579 g/mol. The molecule has 0 saturated carbocycles. The predicted octanol–water partition coefficient (Wildman–Crippen LogP) is 6.87. The molecular formula is C27H24ClIN2O4. The second kappa shape index (κ2) is 12.5. The molecule has 3 rings (SSSR count). The van der Waals surface area contributed by atoms with Gasteiger partial charge >= 0.3 is 0 Å². The lowest BCUT2D eigenvalue weighted by molar-refractivity contribution is -0.112. The number of rotatable bonds is 9. The van der Waals surface area contributed by atoms with Crippen LogP contribution >= 0.6 is 34.2 Å². The van der Waals surface area contributed by atoms with Crippen molar-refractivity contribution >= 4 is 51.9 Å². The van der Waals surface area contributed by atoms with Gasteiger partial charge in [0.05, 0.1) is 16.8 Å². The predicted molar refractivity (Wildman–Crippen MR) is 146 cm³/mol. The Kier molecular flexibility index (Phi) is 9.40. The average molecular weight is 603 g/mol. The van der Waals surface area contributed by atoms with Crippen molar-refractivity contribution in [3.05, 3.63) is 86.0 Å². The van der Waals surface area contributed by atoms with Crippen molar-refractivity contribution in [2.75, 3.05) is 12.4 Å². The van der Waals surface area contributed by atoms with Crippen molar-refractivity contribution in [3.8, 4) is 23.3 Å². The van der Waals surface area contributed by atoms with Gasteiger partial charge < -0.3 is 19.5 Å². The molecule has 6 nitrogen and oxygen atoms in total. The first-order chi connectivity index (χ1) is 16.8. The molecule has 0 radical (unpaired) electrons. The molecule has 0 spiro atoms. The van der Waals surface area contributed by atoms with Gasteiger partial charge in [-0.1, -0.05) is 29.8 Å². The van der Waals surface area contributed by atoms with Gasteiger partial charge in [0.2, 0.25) is 0 Å². The van der Waals surface area contributed by atoms with Crippen molar-refractivity contribution in [1.82, 2.24) is 0 Å². The minimum atomic E-state index is -0.522. The quantitative estimate of drug-likeness (QED) is 0.164. The first kappa shape index (κ1) is 26.4. The fourth-order valence-electron chi connectivity index (χ4n) is 3.13. The lowest BCUT2D eigenvalue weighted by Gasteiger charge is -2.14. The van der Waals surface area contributed by atoms with Crippen LogP contribution in [0.3, 0.4) is 0 Å². The summed E-state index contributed by atoms with van der Waals surface area (Å²) in [6.45, 7) is 4.18. The summed E-state index contributed by atoms with van der Waals surface area (Å²) in [6.07, 6.45) is 1.52. The molecule has 0 saturated heterocycles. The molecule has 0 aromatic heterocycles. The molecule has 0 bridgehead atoms. The van der Waals surface area contributed by atoms with Gasteiger partial charge in [0, 0.05) is 16.8 Å². The van der Waals surface area contributed by atoms with Crippen molar-refractivity contribution in [3.63, 3.8) is 0 Å². The van der Waals surface area contributed by atoms with E-state index >= 15 is 0 Å². The smallest absolute Gasteiger partial charge is 0.266 e. The molecule has 0 unspecified atom stereocenters. The highest BCUT2D eigenvalue weighted by atomic mass is 127. The highest BCUT2D eigenvalue weighted by Crippen LogP contribution is 2.35. The summed E-state index contributed by atoms with van der Waals surface area (Å²) in [5.74, 6) is 1.18. The summed E-state index contributed by atoms with van der Waals surface area (Å²) < 4.78 is 17.9. The Morgan fingerprint density at radius 2 is 1.91 bits per heavy atom. The third-order valence-corrected chi connectivity index (χ3v) is 5.74. The molecule has 3 aromatic carbocycles. The third kappa shape index (κ3) is 7.64. The summed E-state index contributed by atoms with van der Waals surface area (Å²) in [5.41, 5.74) is 2.08. The van der Waals surface area contributed by atoms with Gasteiger partial charge in [-0.25, -0.2) is 0 Å². The van der Waals surface area contributed by atoms with Gasteiger partial charge in [-0.2, -0.15) is 5.26 Å². The number of carbonyl (C=O) groups is 1. The topological polar surface area (TPSA) is 80.6 Å². The number of nitrogens with one attached hydrogen (secondary N) is 1. The van der Waals surface area contributed by atoms with E-state index in [0.29, 0.717) is 40.1 Å². The Balaban J connectivity index is 1.78. The molecule has 3 aromatic rings.